The van der Waals surface area contributed by atoms with Crippen molar-refractivity contribution in [3.8, 4) is 0 Å². The number of hydrogen-bond donors (Lipinski definition) is 1. The molecule has 0 aliphatic rings. The zero-order chi connectivity index (χ0) is 8.55. The van der Waals surface area contributed by atoms with Crippen LogP contribution in [0.4, 0.5) is 5.69 Å². The number of hydrogen-bond acceptors (Lipinski definition) is 3. The van der Waals surface area contributed by atoms with Gasteiger partial charge in [0.15, 0.2) is 0 Å². The van der Waals surface area contributed by atoms with Gasteiger partial charge in [-0.3, -0.25) is 0 Å². The highest BCUT2D eigenvalue weighted by atomic mass is 35.5. The molecule has 0 spiro atoms. The van der Waals surface area contributed by atoms with Crippen molar-refractivity contribution in [2.45, 2.75) is 0 Å². The number of halogens is 1. The van der Waals surface area contributed by atoms with E-state index in [-0.39, 0.29) is 18.0 Å². The molecule has 2 aromatic rings. The van der Waals surface area contributed by atoms with E-state index in [1.54, 1.807) is 24.3 Å². The van der Waals surface area contributed by atoms with Crippen molar-refractivity contribution in [3.05, 3.63) is 40.8 Å². The molecule has 0 bridgehead atoms. The standard InChI is InChI=1S/C9H7NO2.ClH/c10-7-2-3-8-6(5-7)1-4-9(11)12-8;/h1-5H,10H2;1H. The predicted molar refractivity (Wildman–Crippen MR) is 54.1 cm³/mol. The highest BCUT2D eigenvalue weighted by molar-refractivity contribution is 5.85. The molecular weight excluding hydrogens is 190 g/mol. The fraction of sp³-hybridized carbons (Fsp3) is 0. The van der Waals surface area contributed by atoms with Gasteiger partial charge < -0.3 is 10.2 Å². The maximum absolute atomic E-state index is 10.8. The molecule has 0 radical (unpaired) electrons. The first-order valence-electron chi connectivity index (χ1n) is 3.55. The summed E-state index contributed by atoms with van der Waals surface area (Å²) >= 11 is 0. The lowest BCUT2D eigenvalue weighted by Crippen LogP contribution is -1.94. The Morgan fingerprint density at radius 2 is 1.92 bits per heavy atom. The second-order valence-electron chi connectivity index (χ2n) is 2.55. The largest absolute Gasteiger partial charge is 0.423 e. The quantitative estimate of drug-likeness (QED) is 0.518. The van der Waals surface area contributed by atoms with Crippen LogP contribution in [-0.4, -0.2) is 0 Å². The Morgan fingerprint density at radius 1 is 1.15 bits per heavy atom. The topological polar surface area (TPSA) is 56.2 Å². The molecule has 0 aliphatic carbocycles. The molecule has 68 valence electrons. The summed E-state index contributed by atoms with van der Waals surface area (Å²) in [6.07, 6.45) is 0. The van der Waals surface area contributed by atoms with E-state index in [0.717, 1.165) is 5.39 Å². The fourth-order valence-corrected chi connectivity index (χ4v) is 1.09. The van der Waals surface area contributed by atoms with Crippen LogP contribution >= 0.6 is 12.4 Å². The van der Waals surface area contributed by atoms with E-state index in [1.165, 1.54) is 6.07 Å². The molecule has 1 heterocycles. The third-order valence-corrected chi connectivity index (χ3v) is 1.64. The average Bonchev–Trinajstić information content (AvgIpc) is 2.05. The van der Waals surface area contributed by atoms with E-state index in [1.807, 2.05) is 0 Å². The molecule has 0 atom stereocenters. The van der Waals surface area contributed by atoms with Gasteiger partial charge in [0.2, 0.25) is 0 Å². The Morgan fingerprint density at radius 3 is 2.69 bits per heavy atom. The Bertz CT molecular complexity index is 478. The third-order valence-electron chi connectivity index (χ3n) is 1.64. The van der Waals surface area contributed by atoms with E-state index < -0.39 is 0 Å². The van der Waals surface area contributed by atoms with E-state index in [2.05, 4.69) is 0 Å². The molecule has 1 aromatic carbocycles. The lowest BCUT2D eigenvalue weighted by Gasteiger charge is -1.95. The van der Waals surface area contributed by atoms with Gasteiger partial charge in [-0.2, -0.15) is 0 Å². The molecule has 0 unspecified atom stereocenters. The summed E-state index contributed by atoms with van der Waals surface area (Å²) < 4.78 is 4.91. The van der Waals surface area contributed by atoms with Gasteiger partial charge in [0.1, 0.15) is 5.58 Å². The molecule has 2 N–H and O–H groups in total. The lowest BCUT2D eigenvalue weighted by molar-refractivity contribution is 0.561. The molecule has 0 saturated heterocycles. The Hall–Kier alpha value is -1.48. The summed E-state index contributed by atoms with van der Waals surface area (Å²) in [6.45, 7) is 0. The first kappa shape index (κ1) is 9.61. The van der Waals surface area contributed by atoms with Crippen LogP contribution in [0.5, 0.6) is 0 Å². The number of nitrogen functional groups attached to an aromatic ring is 1. The van der Waals surface area contributed by atoms with Crippen molar-refractivity contribution in [3.63, 3.8) is 0 Å². The van der Waals surface area contributed by atoms with Crippen molar-refractivity contribution < 1.29 is 4.42 Å². The van der Waals surface area contributed by atoms with Crippen LogP contribution in [0.1, 0.15) is 0 Å². The predicted octanol–water partition coefficient (Wildman–Crippen LogP) is 1.80. The summed E-state index contributed by atoms with van der Waals surface area (Å²) in [7, 11) is 0. The second kappa shape index (κ2) is 3.49. The zero-order valence-corrected chi connectivity index (χ0v) is 7.51. The first-order valence-corrected chi connectivity index (χ1v) is 3.55. The number of benzene rings is 1. The molecule has 1 aromatic heterocycles. The summed E-state index contributed by atoms with van der Waals surface area (Å²) in [5.41, 5.74) is 6.43. The molecule has 0 amide bonds. The highest BCUT2D eigenvalue weighted by Gasteiger charge is 1.95. The Labute approximate surface area is 80.6 Å². The van der Waals surface area contributed by atoms with E-state index in [9.17, 15) is 4.79 Å². The van der Waals surface area contributed by atoms with Gasteiger partial charge >= 0.3 is 5.63 Å². The summed E-state index contributed by atoms with van der Waals surface area (Å²) in [5, 5.41) is 0.842. The molecule has 0 fully saturated rings. The molecule has 13 heavy (non-hydrogen) atoms. The summed E-state index contributed by atoms with van der Waals surface area (Å²) in [5.74, 6) is 0. The number of anilines is 1. The van der Waals surface area contributed by atoms with Gasteiger partial charge in [-0.25, -0.2) is 4.79 Å². The Balaban J connectivity index is 0.000000845. The monoisotopic (exact) mass is 197 g/mol. The summed E-state index contributed by atoms with van der Waals surface area (Å²) in [4.78, 5) is 10.8. The van der Waals surface area contributed by atoms with Crippen molar-refractivity contribution >= 4 is 29.1 Å². The van der Waals surface area contributed by atoms with Gasteiger partial charge in [-0.15, -0.1) is 12.4 Å². The van der Waals surface area contributed by atoms with E-state index in [0.29, 0.717) is 11.3 Å². The minimum Gasteiger partial charge on any atom is -0.423 e. The maximum atomic E-state index is 10.8. The minimum atomic E-state index is -0.340. The van der Waals surface area contributed by atoms with E-state index in [4.69, 9.17) is 10.2 Å². The van der Waals surface area contributed by atoms with Crippen molar-refractivity contribution in [2.24, 2.45) is 0 Å². The van der Waals surface area contributed by atoms with Gasteiger partial charge in [0.25, 0.3) is 0 Å². The molecule has 2 rings (SSSR count). The van der Waals surface area contributed by atoms with Crippen molar-refractivity contribution in [1.29, 1.82) is 0 Å². The fourth-order valence-electron chi connectivity index (χ4n) is 1.09. The van der Waals surface area contributed by atoms with Crippen LogP contribution < -0.4 is 11.4 Å². The van der Waals surface area contributed by atoms with Gasteiger partial charge in [0, 0.05) is 17.1 Å². The number of rotatable bonds is 0. The zero-order valence-electron chi connectivity index (χ0n) is 6.69. The lowest BCUT2D eigenvalue weighted by atomic mass is 10.2. The van der Waals surface area contributed by atoms with Crippen LogP contribution in [0.25, 0.3) is 11.0 Å². The SMILES string of the molecule is Cl.Nc1ccc2oc(=O)ccc2c1. The molecule has 4 heteroatoms. The average molecular weight is 198 g/mol. The van der Waals surface area contributed by atoms with Crippen LogP contribution in [0.15, 0.2) is 39.5 Å². The van der Waals surface area contributed by atoms with Gasteiger partial charge in [-0.05, 0) is 24.3 Å². The molecular formula is C9H8ClNO2. The van der Waals surface area contributed by atoms with Crippen LogP contribution in [0.2, 0.25) is 0 Å². The van der Waals surface area contributed by atoms with Crippen LogP contribution in [-0.2, 0) is 0 Å². The Kier molecular flexibility index (Phi) is 2.58. The van der Waals surface area contributed by atoms with Crippen molar-refractivity contribution in [2.75, 3.05) is 5.73 Å². The first-order chi connectivity index (χ1) is 5.75. The molecule has 3 nitrogen and oxygen atoms in total. The van der Waals surface area contributed by atoms with Crippen molar-refractivity contribution in [1.82, 2.24) is 0 Å². The van der Waals surface area contributed by atoms with Gasteiger partial charge in [0.05, 0.1) is 0 Å². The van der Waals surface area contributed by atoms with Gasteiger partial charge in [-0.1, -0.05) is 0 Å². The smallest absolute Gasteiger partial charge is 0.336 e. The summed E-state index contributed by atoms with van der Waals surface area (Å²) in [6, 6.07) is 8.22. The van der Waals surface area contributed by atoms with Crippen LogP contribution in [0.3, 0.4) is 0 Å². The number of fused-ring (bicyclic) bond motifs is 1. The third kappa shape index (κ3) is 1.81. The number of nitrogens with two attached hydrogens (primary N) is 1. The van der Waals surface area contributed by atoms with E-state index >= 15 is 0 Å². The molecule has 0 aliphatic heterocycles. The van der Waals surface area contributed by atoms with Crippen LogP contribution in [0, 0.1) is 0 Å². The minimum absolute atomic E-state index is 0. The normalized spacial score (nSPS) is 9.54. The second-order valence-corrected chi connectivity index (χ2v) is 2.55. The molecule has 0 saturated carbocycles. The maximum Gasteiger partial charge on any atom is 0.336 e. The highest BCUT2D eigenvalue weighted by Crippen LogP contribution is 2.14.